The van der Waals surface area contributed by atoms with Crippen LogP contribution in [0.25, 0.3) is 0 Å². The number of rotatable bonds is 5. The Hall–Kier alpha value is -1.97. The standard InChI is InChI=1S/C12H13NO3/c1-3-12(14)9(2)7-10-5-4-6-11(8-10)13(15)16/h3-6,8-9H,1,7H2,2H3. The zero-order chi connectivity index (χ0) is 12.1. The fourth-order valence-corrected chi connectivity index (χ4v) is 1.45. The summed E-state index contributed by atoms with van der Waals surface area (Å²) < 4.78 is 0. The molecule has 0 saturated carbocycles. The van der Waals surface area contributed by atoms with Crippen LogP contribution in [0.2, 0.25) is 0 Å². The first-order valence-electron chi connectivity index (χ1n) is 4.94. The lowest BCUT2D eigenvalue weighted by Gasteiger charge is -2.07. The van der Waals surface area contributed by atoms with E-state index in [0.717, 1.165) is 5.56 Å². The van der Waals surface area contributed by atoms with Gasteiger partial charge in [0.2, 0.25) is 0 Å². The van der Waals surface area contributed by atoms with Crippen LogP contribution in [0.1, 0.15) is 12.5 Å². The van der Waals surface area contributed by atoms with Crippen molar-refractivity contribution < 1.29 is 9.72 Å². The Bertz CT molecular complexity index is 426. The van der Waals surface area contributed by atoms with Crippen molar-refractivity contribution in [3.63, 3.8) is 0 Å². The van der Waals surface area contributed by atoms with Gasteiger partial charge < -0.3 is 0 Å². The summed E-state index contributed by atoms with van der Waals surface area (Å²) in [6.07, 6.45) is 1.77. The SMILES string of the molecule is C=CC(=O)C(C)Cc1cccc([N+](=O)[O-])c1. The zero-order valence-corrected chi connectivity index (χ0v) is 9.05. The third kappa shape index (κ3) is 3.02. The van der Waals surface area contributed by atoms with Crippen molar-refractivity contribution in [1.29, 1.82) is 0 Å². The lowest BCUT2D eigenvalue weighted by molar-refractivity contribution is -0.384. The summed E-state index contributed by atoms with van der Waals surface area (Å²) in [5, 5.41) is 10.6. The molecular formula is C12H13NO3. The summed E-state index contributed by atoms with van der Waals surface area (Å²) >= 11 is 0. The molecule has 0 spiro atoms. The van der Waals surface area contributed by atoms with E-state index in [1.54, 1.807) is 19.1 Å². The van der Waals surface area contributed by atoms with Gasteiger partial charge in [-0.15, -0.1) is 0 Å². The number of carbonyl (C=O) groups excluding carboxylic acids is 1. The number of hydrogen-bond acceptors (Lipinski definition) is 3. The number of nitro groups is 1. The minimum absolute atomic E-state index is 0.0495. The molecule has 0 bridgehead atoms. The molecular weight excluding hydrogens is 206 g/mol. The van der Waals surface area contributed by atoms with E-state index in [2.05, 4.69) is 6.58 Å². The van der Waals surface area contributed by atoms with Crippen LogP contribution in [-0.4, -0.2) is 10.7 Å². The number of ketones is 1. The second kappa shape index (κ2) is 5.21. The van der Waals surface area contributed by atoms with Gasteiger partial charge in [0.25, 0.3) is 5.69 Å². The average molecular weight is 219 g/mol. The van der Waals surface area contributed by atoms with Crippen LogP contribution < -0.4 is 0 Å². The summed E-state index contributed by atoms with van der Waals surface area (Å²) in [7, 11) is 0. The van der Waals surface area contributed by atoms with E-state index in [9.17, 15) is 14.9 Å². The summed E-state index contributed by atoms with van der Waals surface area (Å²) in [4.78, 5) is 21.4. The van der Waals surface area contributed by atoms with Gasteiger partial charge in [0.05, 0.1) is 4.92 Å². The normalized spacial score (nSPS) is 11.8. The Morgan fingerprint density at radius 2 is 2.31 bits per heavy atom. The van der Waals surface area contributed by atoms with Gasteiger partial charge >= 0.3 is 0 Å². The molecule has 0 aliphatic rings. The molecule has 0 aromatic heterocycles. The molecule has 16 heavy (non-hydrogen) atoms. The molecule has 0 N–H and O–H groups in total. The summed E-state index contributed by atoms with van der Waals surface area (Å²) in [5.41, 5.74) is 0.840. The Kier molecular flexibility index (Phi) is 3.94. The molecule has 4 nitrogen and oxygen atoms in total. The van der Waals surface area contributed by atoms with E-state index in [-0.39, 0.29) is 17.4 Å². The third-order valence-electron chi connectivity index (χ3n) is 2.35. The second-order valence-electron chi connectivity index (χ2n) is 3.64. The summed E-state index contributed by atoms with van der Waals surface area (Å²) in [5.74, 6) is -0.244. The Morgan fingerprint density at radius 3 is 2.88 bits per heavy atom. The van der Waals surface area contributed by atoms with Crippen LogP contribution in [0.5, 0.6) is 0 Å². The largest absolute Gasteiger partial charge is 0.295 e. The van der Waals surface area contributed by atoms with Crippen molar-refractivity contribution in [3.05, 3.63) is 52.6 Å². The van der Waals surface area contributed by atoms with Gasteiger partial charge in [0, 0.05) is 18.1 Å². The highest BCUT2D eigenvalue weighted by atomic mass is 16.6. The molecule has 0 fully saturated rings. The number of nitro benzene ring substituents is 1. The molecule has 1 rings (SSSR count). The highest BCUT2D eigenvalue weighted by molar-refractivity contribution is 5.91. The number of nitrogens with zero attached hydrogens (tertiary/aromatic N) is 1. The maximum atomic E-state index is 11.3. The van der Waals surface area contributed by atoms with E-state index in [0.29, 0.717) is 6.42 Å². The van der Waals surface area contributed by atoms with Crippen LogP contribution in [-0.2, 0) is 11.2 Å². The van der Waals surface area contributed by atoms with Gasteiger partial charge in [-0.05, 0) is 18.1 Å². The van der Waals surface area contributed by atoms with Crippen LogP contribution >= 0.6 is 0 Å². The van der Waals surface area contributed by atoms with E-state index in [4.69, 9.17) is 0 Å². The molecule has 1 atom stereocenters. The molecule has 0 amide bonds. The molecule has 0 heterocycles. The number of non-ortho nitro benzene ring substituents is 1. The number of carbonyl (C=O) groups is 1. The van der Waals surface area contributed by atoms with Crippen molar-refractivity contribution in [2.75, 3.05) is 0 Å². The first kappa shape index (κ1) is 12.1. The second-order valence-corrected chi connectivity index (χ2v) is 3.64. The molecule has 1 aromatic carbocycles. The monoisotopic (exact) mass is 219 g/mol. The van der Waals surface area contributed by atoms with Gasteiger partial charge in [0.15, 0.2) is 5.78 Å². The first-order chi connectivity index (χ1) is 7.54. The van der Waals surface area contributed by atoms with Crippen molar-refractivity contribution in [2.24, 2.45) is 5.92 Å². The highest BCUT2D eigenvalue weighted by Gasteiger charge is 2.12. The molecule has 1 aromatic rings. The van der Waals surface area contributed by atoms with Crippen molar-refractivity contribution >= 4 is 11.5 Å². The molecule has 0 aliphatic heterocycles. The summed E-state index contributed by atoms with van der Waals surface area (Å²) in [6.45, 7) is 5.19. The zero-order valence-electron chi connectivity index (χ0n) is 9.05. The maximum Gasteiger partial charge on any atom is 0.269 e. The number of allylic oxidation sites excluding steroid dienone is 1. The maximum absolute atomic E-state index is 11.3. The van der Waals surface area contributed by atoms with E-state index >= 15 is 0 Å². The van der Waals surface area contributed by atoms with Crippen LogP contribution in [0, 0.1) is 16.0 Å². The van der Waals surface area contributed by atoms with Gasteiger partial charge in [0.1, 0.15) is 0 Å². The molecule has 1 unspecified atom stereocenters. The quantitative estimate of drug-likeness (QED) is 0.434. The molecule has 0 saturated heterocycles. The van der Waals surface area contributed by atoms with Crippen LogP contribution in [0.3, 0.4) is 0 Å². The van der Waals surface area contributed by atoms with Crippen LogP contribution in [0.4, 0.5) is 5.69 Å². The van der Waals surface area contributed by atoms with Gasteiger partial charge in [-0.1, -0.05) is 25.6 Å². The minimum atomic E-state index is -0.441. The van der Waals surface area contributed by atoms with Gasteiger partial charge in [-0.2, -0.15) is 0 Å². The Morgan fingerprint density at radius 1 is 1.62 bits per heavy atom. The smallest absolute Gasteiger partial charge is 0.269 e. The van der Waals surface area contributed by atoms with Gasteiger partial charge in [-0.3, -0.25) is 14.9 Å². The number of benzene rings is 1. The summed E-state index contributed by atoms with van der Waals surface area (Å²) in [6, 6.07) is 6.33. The Balaban J connectivity index is 2.81. The van der Waals surface area contributed by atoms with Gasteiger partial charge in [-0.25, -0.2) is 0 Å². The molecule has 0 aliphatic carbocycles. The van der Waals surface area contributed by atoms with E-state index in [1.165, 1.54) is 18.2 Å². The fraction of sp³-hybridized carbons (Fsp3) is 0.250. The Labute approximate surface area is 93.7 Å². The van der Waals surface area contributed by atoms with Crippen molar-refractivity contribution in [1.82, 2.24) is 0 Å². The van der Waals surface area contributed by atoms with Crippen molar-refractivity contribution in [3.8, 4) is 0 Å². The topological polar surface area (TPSA) is 60.2 Å². The fourth-order valence-electron chi connectivity index (χ4n) is 1.45. The lowest BCUT2D eigenvalue weighted by atomic mass is 9.97. The number of hydrogen-bond donors (Lipinski definition) is 0. The first-order valence-corrected chi connectivity index (χ1v) is 4.94. The third-order valence-corrected chi connectivity index (χ3v) is 2.35. The molecule has 4 heteroatoms. The minimum Gasteiger partial charge on any atom is -0.295 e. The van der Waals surface area contributed by atoms with Crippen LogP contribution in [0.15, 0.2) is 36.9 Å². The lowest BCUT2D eigenvalue weighted by Crippen LogP contribution is -2.10. The highest BCUT2D eigenvalue weighted by Crippen LogP contribution is 2.16. The predicted octanol–water partition coefficient (Wildman–Crippen LogP) is 2.53. The predicted molar refractivity (Wildman–Crippen MR) is 61.2 cm³/mol. The molecule has 84 valence electrons. The van der Waals surface area contributed by atoms with Crippen molar-refractivity contribution in [2.45, 2.75) is 13.3 Å². The molecule has 0 radical (unpaired) electrons. The average Bonchev–Trinajstić information content (AvgIpc) is 2.28. The van der Waals surface area contributed by atoms with E-state index < -0.39 is 4.92 Å². The van der Waals surface area contributed by atoms with E-state index in [1.807, 2.05) is 0 Å².